The summed E-state index contributed by atoms with van der Waals surface area (Å²) in [4.78, 5) is 14.1. The number of nitrogens with one attached hydrogen (secondary N) is 4. The quantitative estimate of drug-likeness (QED) is 0.412. The van der Waals surface area contributed by atoms with E-state index in [-0.39, 0.29) is 11.9 Å². The third kappa shape index (κ3) is 3.95. The molecule has 3 heterocycles. The van der Waals surface area contributed by atoms with E-state index in [0.717, 1.165) is 47.5 Å². The molecule has 2 aliphatic heterocycles. The molecule has 1 amide bonds. The fourth-order valence-corrected chi connectivity index (χ4v) is 5.08. The summed E-state index contributed by atoms with van der Waals surface area (Å²) >= 11 is 0. The molecule has 8 nitrogen and oxygen atoms in total. The first kappa shape index (κ1) is 22.2. The van der Waals surface area contributed by atoms with E-state index in [1.807, 2.05) is 48.5 Å². The SMILES string of the molecule is COc1ccc(C2=C(Nc3cc[nH]n3)NC3=C(C4=CCCCC4)C(c4ccccc4)NN3C2=O)cc1. The van der Waals surface area contributed by atoms with E-state index >= 15 is 0 Å². The summed E-state index contributed by atoms with van der Waals surface area (Å²) < 4.78 is 5.33. The van der Waals surface area contributed by atoms with Crippen LogP contribution in [-0.4, -0.2) is 28.2 Å². The number of nitrogens with zero attached hydrogens (tertiary/aromatic N) is 2. The predicted octanol–water partition coefficient (Wildman–Crippen LogP) is 4.60. The minimum atomic E-state index is -0.140. The minimum absolute atomic E-state index is 0.135. The summed E-state index contributed by atoms with van der Waals surface area (Å²) in [6, 6.07) is 19.5. The van der Waals surface area contributed by atoms with Crippen LogP contribution in [0.15, 0.2) is 95.7 Å². The first-order valence-corrected chi connectivity index (χ1v) is 12.2. The van der Waals surface area contributed by atoms with Crippen molar-refractivity contribution in [3.63, 3.8) is 0 Å². The van der Waals surface area contributed by atoms with Gasteiger partial charge in [-0.2, -0.15) is 5.10 Å². The summed E-state index contributed by atoms with van der Waals surface area (Å²) in [5.41, 5.74) is 8.31. The van der Waals surface area contributed by atoms with Gasteiger partial charge >= 0.3 is 0 Å². The van der Waals surface area contributed by atoms with E-state index in [1.54, 1.807) is 18.3 Å². The second-order valence-electron chi connectivity index (χ2n) is 9.04. The zero-order valence-corrected chi connectivity index (χ0v) is 20.0. The second kappa shape index (κ2) is 9.39. The third-order valence-corrected chi connectivity index (χ3v) is 6.84. The number of rotatable bonds is 6. The van der Waals surface area contributed by atoms with E-state index < -0.39 is 0 Å². The normalized spacial score (nSPS) is 19.7. The molecule has 182 valence electrons. The van der Waals surface area contributed by atoms with Gasteiger partial charge in [0.1, 0.15) is 17.4 Å². The van der Waals surface area contributed by atoms with Crippen LogP contribution in [0.1, 0.15) is 42.9 Å². The Bertz CT molecular complexity index is 1360. The number of aromatic amines is 1. The lowest BCUT2D eigenvalue weighted by atomic mass is 9.87. The van der Waals surface area contributed by atoms with Crippen molar-refractivity contribution < 1.29 is 9.53 Å². The number of anilines is 1. The van der Waals surface area contributed by atoms with Crippen LogP contribution in [-0.2, 0) is 4.79 Å². The Morgan fingerprint density at radius 2 is 1.89 bits per heavy atom. The lowest BCUT2D eigenvalue weighted by Crippen LogP contribution is -2.47. The van der Waals surface area contributed by atoms with Crippen molar-refractivity contribution in [3.05, 3.63) is 107 Å². The van der Waals surface area contributed by atoms with Crippen molar-refractivity contribution in [1.82, 2.24) is 25.9 Å². The molecule has 8 heteroatoms. The lowest BCUT2D eigenvalue weighted by Gasteiger charge is -2.31. The molecule has 1 aromatic heterocycles. The smallest absolute Gasteiger partial charge is 0.278 e. The number of carbonyl (C=O) groups is 1. The highest BCUT2D eigenvalue weighted by Crippen LogP contribution is 2.42. The van der Waals surface area contributed by atoms with Crippen LogP contribution in [0.25, 0.3) is 5.57 Å². The molecule has 4 N–H and O–H groups in total. The minimum Gasteiger partial charge on any atom is -0.497 e. The molecule has 1 aliphatic carbocycles. The Labute approximate surface area is 209 Å². The molecule has 0 saturated heterocycles. The number of fused-ring (bicyclic) bond motifs is 1. The van der Waals surface area contributed by atoms with Crippen LogP contribution in [0.5, 0.6) is 5.75 Å². The number of carbonyl (C=O) groups excluding carboxylic acids is 1. The van der Waals surface area contributed by atoms with Crippen molar-refractivity contribution in [1.29, 1.82) is 0 Å². The highest BCUT2D eigenvalue weighted by molar-refractivity contribution is 6.22. The maximum absolute atomic E-state index is 14.1. The summed E-state index contributed by atoms with van der Waals surface area (Å²) in [5, 5.41) is 15.6. The van der Waals surface area contributed by atoms with Crippen molar-refractivity contribution in [2.75, 3.05) is 12.4 Å². The molecule has 6 rings (SSSR count). The van der Waals surface area contributed by atoms with E-state index in [2.05, 4.69) is 44.5 Å². The number of amides is 1. The van der Waals surface area contributed by atoms with Crippen LogP contribution < -0.4 is 20.8 Å². The summed E-state index contributed by atoms with van der Waals surface area (Å²) in [7, 11) is 1.63. The standard InChI is InChI=1S/C28H28N6O2/c1-36-21-14-12-19(13-15-21)24-26(30-22-16-17-29-32-22)31-27-23(18-8-4-2-5-9-18)25(33-34(27)28(24)35)20-10-6-3-7-11-20/h3,6-8,10-17,25,31,33H,2,4-5,9H2,1H3,(H2,29,30,32). The van der Waals surface area contributed by atoms with Crippen LogP contribution in [0.4, 0.5) is 5.82 Å². The molecule has 1 atom stereocenters. The number of methoxy groups -OCH3 is 1. The number of hydrogen-bond donors (Lipinski definition) is 4. The topological polar surface area (TPSA) is 94.3 Å². The van der Waals surface area contributed by atoms with E-state index in [1.165, 1.54) is 12.0 Å². The molecule has 0 fully saturated rings. The van der Waals surface area contributed by atoms with E-state index in [9.17, 15) is 4.79 Å². The van der Waals surface area contributed by atoms with Crippen LogP contribution in [0.2, 0.25) is 0 Å². The molecule has 3 aliphatic rings. The van der Waals surface area contributed by atoms with Gasteiger partial charge < -0.3 is 15.4 Å². The zero-order chi connectivity index (χ0) is 24.5. The second-order valence-corrected chi connectivity index (χ2v) is 9.04. The summed E-state index contributed by atoms with van der Waals surface area (Å²) in [6.07, 6.45) is 8.44. The molecular formula is C28H28N6O2. The number of allylic oxidation sites excluding steroid dienone is 1. The monoisotopic (exact) mass is 480 g/mol. The van der Waals surface area contributed by atoms with Crippen LogP contribution >= 0.6 is 0 Å². The Hall–Kier alpha value is -4.30. The molecule has 1 unspecified atom stereocenters. The molecule has 3 aromatic rings. The van der Waals surface area contributed by atoms with E-state index in [0.29, 0.717) is 17.2 Å². The zero-order valence-electron chi connectivity index (χ0n) is 20.0. The summed E-state index contributed by atoms with van der Waals surface area (Å²) in [6.45, 7) is 0. The Balaban J connectivity index is 1.49. The molecule has 0 bridgehead atoms. The maximum atomic E-state index is 14.1. The highest BCUT2D eigenvalue weighted by atomic mass is 16.5. The van der Waals surface area contributed by atoms with Gasteiger partial charge in [0.2, 0.25) is 0 Å². The van der Waals surface area contributed by atoms with Gasteiger partial charge in [-0.15, -0.1) is 0 Å². The van der Waals surface area contributed by atoms with Crippen molar-refractivity contribution >= 4 is 17.3 Å². The largest absolute Gasteiger partial charge is 0.497 e. The fourth-order valence-electron chi connectivity index (χ4n) is 5.08. The predicted molar refractivity (Wildman–Crippen MR) is 138 cm³/mol. The van der Waals surface area contributed by atoms with Gasteiger partial charge in [-0.25, -0.2) is 10.4 Å². The Kier molecular flexibility index (Phi) is 5.79. The number of hydrazine groups is 1. The number of aromatic nitrogens is 2. The number of hydrogen-bond acceptors (Lipinski definition) is 6. The van der Waals surface area contributed by atoms with Gasteiger partial charge in [0.25, 0.3) is 5.91 Å². The van der Waals surface area contributed by atoms with Gasteiger partial charge in [0.05, 0.1) is 18.7 Å². The summed E-state index contributed by atoms with van der Waals surface area (Å²) in [5.74, 6) is 2.56. The molecule has 2 aromatic carbocycles. The Morgan fingerprint density at radius 1 is 1.06 bits per heavy atom. The van der Waals surface area contributed by atoms with Gasteiger partial charge in [-0.1, -0.05) is 48.5 Å². The molecule has 0 saturated carbocycles. The molecule has 0 spiro atoms. The van der Waals surface area contributed by atoms with Gasteiger partial charge in [0.15, 0.2) is 5.82 Å². The van der Waals surface area contributed by atoms with Gasteiger partial charge in [0, 0.05) is 17.8 Å². The average molecular weight is 481 g/mol. The molecular weight excluding hydrogens is 452 g/mol. The Morgan fingerprint density at radius 3 is 2.58 bits per heavy atom. The molecule has 0 radical (unpaired) electrons. The van der Waals surface area contributed by atoms with Crippen molar-refractivity contribution in [3.8, 4) is 5.75 Å². The van der Waals surface area contributed by atoms with Crippen molar-refractivity contribution in [2.45, 2.75) is 31.7 Å². The third-order valence-electron chi connectivity index (χ3n) is 6.84. The number of H-pyrrole nitrogens is 1. The lowest BCUT2D eigenvalue weighted by molar-refractivity contribution is -0.126. The average Bonchev–Trinajstić information content (AvgIpc) is 3.58. The van der Waals surface area contributed by atoms with Crippen LogP contribution in [0, 0.1) is 0 Å². The van der Waals surface area contributed by atoms with Crippen LogP contribution in [0.3, 0.4) is 0 Å². The molecule has 36 heavy (non-hydrogen) atoms. The maximum Gasteiger partial charge on any atom is 0.278 e. The van der Waals surface area contributed by atoms with Gasteiger partial charge in [-0.3, -0.25) is 9.89 Å². The van der Waals surface area contributed by atoms with E-state index in [4.69, 9.17) is 4.74 Å². The fraction of sp³-hybridized carbons (Fsp3) is 0.214. The number of ether oxygens (including phenoxy) is 1. The van der Waals surface area contributed by atoms with Crippen molar-refractivity contribution in [2.24, 2.45) is 0 Å². The first-order valence-electron chi connectivity index (χ1n) is 12.2. The highest BCUT2D eigenvalue weighted by Gasteiger charge is 2.42. The first-order chi connectivity index (χ1) is 17.7. The van der Waals surface area contributed by atoms with Gasteiger partial charge in [-0.05, 0) is 54.5 Å². The number of benzene rings is 2.